The maximum Gasteiger partial charge on any atom is 0.335 e. The first-order valence-corrected chi connectivity index (χ1v) is 8.54. The molecule has 2 amide bonds. The first-order valence-electron chi connectivity index (χ1n) is 8.54. The molecule has 0 saturated carbocycles. The van der Waals surface area contributed by atoms with Crippen molar-refractivity contribution in [2.45, 2.75) is 26.2 Å². The van der Waals surface area contributed by atoms with E-state index in [0.29, 0.717) is 30.6 Å². The van der Waals surface area contributed by atoms with Gasteiger partial charge in [0.05, 0.1) is 12.0 Å². The Morgan fingerprint density at radius 1 is 1.15 bits per heavy atom. The second kappa shape index (κ2) is 7.39. The van der Waals surface area contributed by atoms with Crippen LogP contribution in [-0.2, 0) is 22.4 Å². The van der Waals surface area contributed by atoms with Gasteiger partial charge in [0.15, 0.2) is 0 Å². The summed E-state index contributed by atoms with van der Waals surface area (Å²) in [5.74, 6) is -1.22. The Kier molecular flexibility index (Phi) is 5.02. The van der Waals surface area contributed by atoms with E-state index < -0.39 is 5.97 Å². The summed E-state index contributed by atoms with van der Waals surface area (Å²) in [6, 6.07) is 12.0. The third-order valence-corrected chi connectivity index (χ3v) is 4.48. The van der Waals surface area contributed by atoms with Gasteiger partial charge in [0.2, 0.25) is 11.8 Å². The van der Waals surface area contributed by atoms with Crippen LogP contribution in [0, 0.1) is 0 Å². The Balaban J connectivity index is 1.75. The topological polar surface area (TPSA) is 86.7 Å². The van der Waals surface area contributed by atoms with Crippen molar-refractivity contribution in [2.75, 3.05) is 16.8 Å². The van der Waals surface area contributed by atoms with Gasteiger partial charge in [-0.1, -0.05) is 18.2 Å². The largest absolute Gasteiger partial charge is 0.478 e. The van der Waals surface area contributed by atoms with Gasteiger partial charge >= 0.3 is 5.97 Å². The molecular formula is C20H20N2O4. The van der Waals surface area contributed by atoms with Gasteiger partial charge in [-0.15, -0.1) is 0 Å². The highest BCUT2D eigenvalue weighted by molar-refractivity contribution is 5.98. The summed E-state index contributed by atoms with van der Waals surface area (Å²) in [5, 5.41) is 12.0. The quantitative estimate of drug-likeness (QED) is 0.866. The summed E-state index contributed by atoms with van der Waals surface area (Å²) < 4.78 is 0. The van der Waals surface area contributed by atoms with E-state index in [-0.39, 0.29) is 23.8 Å². The SMILES string of the molecule is CCN1C(=O)CCc2cc(NC(=O)Cc3ccccc3C(=O)O)ccc21. The summed E-state index contributed by atoms with van der Waals surface area (Å²) in [7, 11) is 0. The molecule has 0 bridgehead atoms. The van der Waals surface area contributed by atoms with Crippen molar-refractivity contribution in [3.8, 4) is 0 Å². The molecule has 0 atom stereocenters. The number of aryl methyl sites for hydroxylation is 1. The average molecular weight is 352 g/mol. The lowest BCUT2D eigenvalue weighted by atomic mass is 10.00. The summed E-state index contributed by atoms with van der Waals surface area (Å²) in [5.41, 5.74) is 3.16. The fourth-order valence-electron chi connectivity index (χ4n) is 3.25. The van der Waals surface area contributed by atoms with Gasteiger partial charge in [0, 0.05) is 24.3 Å². The Labute approximate surface area is 151 Å². The van der Waals surface area contributed by atoms with Crippen LogP contribution in [0.15, 0.2) is 42.5 Å². The van der Waals surface area contributed by atoms with Crippen molar-refractivity contribution < 1.29 is 19.5 Å². The average Bonchev–Trinajstić information content (AvgIpc) is 2.62. The minimum absolute atomic E-state index is 0.0148. The molecule has 1 heterocycles. The van der Waals surface area contributed by atoms with Crippen LogP contribution in [0.1, 0.15) is 34.8 Å². The van der Waals surface area contributed by atoms with Crippen LogP contribution in [0.5, 0.6) is 0 Å². The molecule has 0 saturated heterocycles. The highest BCUT2D eigenvalue weighted by atomic mass is 16.4. The van der Waals surface area contributed by atoms with Gasteiger partial charge in [-0.3, -0.25) is 9.59 Å². The highest BCUT2D eigenvalue weighted by Gasteiger charge is 2.23. The number of nitrogens with one attached hydrogen (secondary N) is 1. The van der Waals surface area contributed by atoms with E-state index in [4.69, 9.17) is 0 Å². The fraction of sp³-hybridized carbons (Fsp3) is 0.250. The standard InChI is InChI=1S/C20H20N2O4/c1-2-22-17-9-8-15(11-14(17)7-10-19(22)24)21-18(23)12-13-5-3-4-6-16(13)20(25)26/h3-6,8-9,11H,2,7,10,12H2,1H3,(H,21,23)(H,25,26). The van der Waals surface area contributed by atoms with E-state index in [2.05, 4.69) is 5.32 Å². The van der Waals surface area contributed by atoms with Crippen molar-refractivity contribution in [1.29, 1.82) is 0 Å². The molecule has 2 aromatic rings. The highest BCUT2D eigenvalue weighted by Crippen LogP contribution is 2.30. The molecule has 134 valence electrons. The number of amides is 2. The molecule has 2 aromatic carbocycles. The van der Waals surface area contributed by atoms with Crippen molar-refractivity contribution in [2.24, 2.45) is 0 Å². The number of carboxylic acid groups (broad SMARTS) is 1. The Bertz CT molecular complexity index is 876. The van der Waals surface area contributed by atoms with Crippen LogP contribution in [0.4, 0.5) is 11.4 Å². The van der Waals surface area contributed by atoms with Crippen molar-refractivity contribution >= 4 is 29.2 Å². The normalized spacial score (nSPS) is 13.3. The molecule has 0 spiro atoms. The zero-order valence-electron chi connectivity index (χ0n) is 14.5. The van der Waals surface area contributed by atoms with E-state index >= 15 is 0 Å². The lowest BCUT2D eigenvalue weighted by Gasteiger charge is -2.28. The van der Waals surface area contributed by atoms with E-state index in [1.807, 2.05) is 19.1 Å². The number of hydrogen-bond donors (Lipinski definition) is 2. The first-order chi connectivity index (χ1) is 12.5. The number of carbonyl (C=O) groups is 3. The van der Waals surface area contributed by atoms with Crippen LogP contribution in [-0.4, -0.2) is 29.4 Å². The molecule has 0 radical (unpaired) electrons. The molecule has 3 rings (SSSR count). The molecule has 1 aliphatic heterocycles. The van der Waals surface area contributed by atoms with Crippen LogP contribution < -0.4 is 10.2 Å². The first kappa shape index (κ1) is 17.7. The Morgan fingerprint density at radius 2 is 1.92 bits per heavy atom. The zero-order chi connectivity index (χ0) is 18.7. The van der Waals surface area contributed by atoms with Gasteiger partial charge in [0.1, 0.15) is 0 Å². The molecule has 6 heteroatoms. The van der Waals surface area contributed by atoms with Crippen molar-refractivity contribution in [3.05, 3.63) is 59.2 Å². The number of rotatable bonds is 5. The third kappa shape index (κ3) is 3.59. The number of aromatic carboxylic acids is 1. The molecule has 0 fully saturated rings. The predicted octanol–water partition coefficient (Wildman–Crippen LogP) is 2.87. The summed E-state index contributed by atoms with van der Waals surface area (Å²) in [6.45, 7) is 2.55. The molecule has 6 nitrogen and oxygen atoms in total. The van der Waals surface area contributed by atoms with Gasteiger partial charge in [0.25, 0.3) is 0 Å². The molecule has 26 heavy (non-hydrogen) atoms. The number of carbonyl (C=O) groups excluding carboxylic acids is 2. The van der Waals surface area contributed by atoms with Gasteiger partial charge in [-0.25, -0.2) is 4.79 Å². The summed E-state index contributed by atoms with van der Waals surface area (Å²) >= 11 is 0. The number of carboxylic acids is 1. The Hall–Kier alpha value is -3.15. The minimum atomic E-state index is -1.05. The van der Waals surface area contributed by atoms with Crippen molar-refractivity contribution in [3.63, 3.8) is 0 Å². The second-order valence-corrected chi connectivity index (χ2v) is 6.17. The van der Waals surface area contributed by atoms with Crippen molar-refractivity contribution in [1.82, 2.24) is 0 Å². The molecule has 0 unspecified atom stereocenters. The number of anilines is 2. The van der Waals surface area contributed by atoms with Crippen LogP contribution in [0.25, 0.3) is 0 Å². The third-order valence-electron chi connectivity index (χ3n) is 4.48. The smallest absolute Gasteiger partial charge is 0.335 e. The van der Waals surface area contributed by atoms with Gasteiger partial charge in [-0.2, -0.15) is 0 Å². The summed E-state index contributed by atoms with van der Waals surface area (Å²) in [6.07, 6.45) is 1.10. The second-order valence-electron chi connectivity index (χ2n) is 6.17. The maximum atomic E-state index is 12.3. The number of nitrogens with zero attached hydrogens (tertiary/aromatic N) is 1. The van der Waals surface area contributed by atoms with Gasteiger partial charge in [-0.05, 0) is 48.7 Å². The fourth-order valence-corrected chi connectivity index (χ4v) is 3.25. The molecule has 1 aliphatic rings. The maximum absolute atomic E-state index is 12.3. The Morgan fingerprint density at radius 3 is 2.65 bits per heavy atom. The summed E-state index contributed by atoms with van der Waals surface area (Å²) in [4.78, 5) is 37.3. The van der Waals surface area contributed by atoms with Gasteiger partial charge < -0.3 is 15.3 Å². The monoisotopic (exact) mass is 352 g/mol. The van der Waals surface area contributed by atoms with E-state index in [0.717, 1.165) is 11.3 Å². The lowest BCUT2D eigenvalue weighted by molar-refractivity contribution is -0.119. The van der Waals surface area contributed by atoms with Crippen LogP contribution in [0.2, 0.25) is 0 Å². The van der Waals surface area contributed by atoms with E-state index in [1.165, 1.54) is 6.07 Å². The molecular weight excluding hydrogens is 332 g/mol. The number of hydrogen-bond acceptors (Lipinski definition) is 3. The lowest BCUT2D eigenvalue weighted by Crippen LogP contribution is -2.34. The van der Waals surface area contributed by atoms with E-state index in [1.54, 1.807) is 29.2 Å². The molecule has 2 N–H and O–H groups in total. The molecule has 0 aliphatic carbocycles. The number of benzene rings is 2. The molecule has 0 aromatic heterocycles. The van der Waals surface area contributed by atoms with Crippen LogP contribution >= 0.6 is 0 Å². The number of fused-ring (bicyclic) bond motifs is 1. The van der Waals surface area contributed by atoms with E-state index in [9.17, 15) is 19.5 Å². The minimum Gasteiger partial charge on any atom is -0.478 e. The van der Waals surface area contributed by atoms with Crippen LogP contribution in [0.3, 0.4) is 0 Å². The predicted molar refractivity (Wildman–Crippen MR) is 98.5 cm³/mol. The zero-order valence-corrected chi connectivity index (χ0v) is 14.5.